The van der Waals surface area contributed by atoms with Crippen LogP contribution < -0.4 is 5.73 Å². The molecule has 16 heavy (non-hydrogen) atoms. The average Bonchev–Trinajstić information content (AvgIpc) is 2.18. The molecule has 2 aliphatic carbocycles. The molecule has 94 valence electrons. The van der Waals surface area contributed by atoms with Crippen LogP contribution in [0.5, 0.6) is 0 Å². The van der Waals surface area contributed by atoms with Gasteiger partial charge >= 0.3 is 0 Å². The van der Waals surface area contributed by atoms with Gasteiger partial charge in [0.25, 0.3) is 0 Å². The lowest BCUT2D eigenvalue weighted by molar-refractivity contribution is 0.0590. The zero-order chi connectivity index (χ0) is 11.5. The zero-order valence-corrected chi connectivity index (χ0v) is 11.0. The largest absolute Gasteiger partial charge is 0.326 e. The average molecular weight is 224 g/mol. The number of rotatable bonds is 4. The maximum absolute atomic E-state index is 6.31. The van der Waals surface area contributed by atoms with Gasteiger partial charge in [-0.3, -0.25) is 4.90 Å². The summed E-state index contributed by atoms with van der Waals surface area (Å²) in [5.74, 6) is 0.942. The van der Waals surface area contributed by atoms with E-state index in [1.807, 2.05) is 0 Å². The molecule has 2 heteroatoms. The van der Waals surface area contributed by atoms with Gasteiger partial charge in [-0.2, -0.15) is 0 Å². The van der Waals surface area contributed by atoms with Crippen LogP contribution >= 0.6 is 0 Å². The third-order valence-corrected chi connectivity index (χ3v) is 4.85. The zero-order valence-electron chi connectivity index (χ0n) is 11.0. The fourth-order valence-corrected chi connectivity index (χ4v) is 3.46. The highest BCUT2D eigenvalue weighted by atomic mass is 15.2. The van der Waals surface area contributed by atoms with Crippen LogP contribution in [-0.2, 0) is 0 Å². The molecular weight excluding hydrogens is 196 g/mol. The highest BCUT2D eigenvalue weighted by Crippen LogP contribution is 2.33. The summed E-state index contributed by atoms with van der Waals surface area (Å²) in [4.78, 5) is 2.61. The van der Waals surface area contributed by atoms with Gasteiger partial charge in [0.2, 0.25) is 0 Å². The van der Waals surface area contributed by atoms with E-state index in [0.717, 1.165) is 12.0 Å². The smallest absolute Gasteiger partial charge is 0.0249 e. The Bertz CT molecular complexity index is 213. The van der Waals surface area contributed by atoms with E-state index in [2.05, 4.69) is 18.9 Å². The lowest BCUT2D eigenvalue weighted by atomic mass is 9.78. The van der Waals surface area contributed by atoms with Crippen molar-refractivity contribution < 1.29 is 0 Å². The molecule has 0 bridgehead atoms. The number of nitrogens with two attached hydrogens (primary N) is 1. The highest BCUT2D eigenvalue weighted by Gasteiger charge is 2.34. The van der Waals surface area contributed by atoms with Crippen molar-refractivity contribution in [1.82, 2.24) is 4.90 Å². The predicted molar refractivity (Wildman–Crippen MR) is 69.4 cm³/mol. The minimum absolute atomic E-state index is 0.429. The Kier molecular flexibility index (Phi) is 4.26. The third-order valence-electron chi connectivity index (χ3n) is 4.85. The van der Waals surface area contributed by atoms with Gasteiger partial charge < -0.3 is 5.73 Å². The monoisotopic (exact) mass is 224 g/mol. The molecule has 0 radical (unpaired) electrons. The Hall–Kier alpha value is -0.0800. The molecule has 3 atom stereocenters. The fraction of sp³-hybridized carbons (Fsp3) is 1.00. The van der Waals surface area contributed by atoms with Crippen LogP contribution in [0.1, 0.15) is 58.3 Å². The van der Waals surface area contributed by atoms with Gasteiger partial charge in [-0.25, -0.2) is 0 Å². The van der Waals surface area contributed by atoms with Crippen molar-refractivity contribution in [3.8, 4) is 0 Å². The lowest BCUT2D eigenvalue weighted by Crippen LogP contribution is -2.54. The molecule has 0 aromatic rings. The van der Waals surface area contributed by atoms with E-state index in [4.69, 9.17) is 5.73 Å². The van der Waals surface area contributed by atoms with E-state index in [9.17, 15) is 0 Å². The molecule has 2 N–H and O–H groups in total. The fourth-order valence-electron chi connectivity index (χ4n) is 3.46. The molecule has 0 aromatic carbocycles. The molecule has 3 unspecified atom stereocenters. The van der Waals surface area contributed by atoms with Crippen LogP contribution in [0.15, 0.2) is 0 Å². The molecular formula is C14H28N2. The first-order chi connectivity index (χ1) is 7.72. The first-order valence-corrected chi connectivity index (χ1v) is 7.20. The predicted octanol–water partition coefficient (Wildman–Crippen LogP) is 2.77. The Labute approximate surface area is 101 Å². The number of likely N-dealkylation sites (N-methyl/N-ethyl adjacent to an activating group) is 1. The number of hydrogen-bond acceptors (Lipinski definition) is 2. The lowest BCUT2D eigenvalue weighted by Gasteiger charge is -2.46. The van der Waals surface area contributed by atoms with Crippen molar-refractivity contribution in [3.05, 3.63) is 0 Å². The molecule has 0 saturated heterocycles. The first kappa shape index (κ1) is 12.4. The SMILES string of the molecule is CCCC1CCC(N)C(N(C)C2CCC2)C1. The summed E-state index contributed by atoms with van der Waals surface area (Å²) in [6.45, 7) is 2.30. The van der Waals surface area contributed by atoms with Crippen molar-refractivity contribution >= 4 is 0 Å². The summed E-state index contributed by atoms with van der Waals surface area (Å²) in [6.07, 6.45) is 10.9. The van der Waals surface area contributed by atoms with Gasteiger partial charge in [0.05, 0.1) is 0 Å². The molecule has 2 rings (SSSR count). The molecule has 0 spiro atoms. The quantitative estimate of drug-likeness (QED) is 0.795. The Balaban J connectivity index is 1.89. The van der Waals surface area contributed by atoms with E-state index < -0.39 is 0 Å². The number of hydrogen-bond donors (Lipinski definition) is 1. The van der Waals surface area contributed by atoms with Crippen LogP contribution in [0.25, 0.3) is 0 Å². The van der Waals surface area contributed by atoms with Gasteiger partial charge in [0, 0.05) is 18.1 Å². The maximum atomic E-state index is 6.31. The second-order valence-electron chi connectivity index (χ2n) is 5.95. The topological polar surface area (TPSA) is 29.3 Å². The normalized spacial score (nSPS) is 36.4. The standard InChI is InChI=1S/C14H28N2/c1-3-5-11-8-9-13(15)14(10-11)16(2)12-6-4-7-12/h11-14H,3-10,15H2,1-2H3. The van der Waals surface area contributed by atoms with E-state index in [-0.39, 0.29) is 0 Å². The van der Waals surface area contributed by atoms with Crippen molar-refractivity contribution in [2.24, 2.45) is 11.7 Å². The van der Waals surface area contributed by atoms with Crippen molar-refractivity contribution in [3.63, 3.8) is 0 Å². The second-order valence-corrected chi connectivity index (χ2v) is 5.95. The summed E-state index contributed by atoms with van der Waals surface area (Å²) >= 11 is 0. The third kappa shape index (κ3) is 2.60. The minimum atomic E-state index is 0.429. The van der Waals surface area contributed by atoms with Gasteiger partial charge in [-0.05, 0) is 45.1 Å². The van der Waals surface area contributed by atoms with Gasteiger partial charge in [0.15, 0.2) is 0 Å². The van der Waals surface area contributed by atoms with Crippen molar-refractivity contribution in [2.75, 3.05) is 7.05 Å². The molecule has 2 fully saturated rings. The first-order valence-electron chi connectivity index (χ1n) is 7.20. The number of nitrogens with zero attached hydrogens (tertiary/aromatic N) is 1. The summed E-state index contributed by atoms with van der Waals surface area (Å²) in [5, 5.41) is 0. The summed E-state index contributed by atoms with van der Waals surface area (Å²) in [7, 11) is 2.31. The minimum Gasteiger partial charge on any atom is -0.326 e. The van der Waals surface area contributed by atoms with E-state index >= 15 is 0 Å². The molecule has 0 aromatic heterocycles. The van der Waals surface area contributed by atoms with Crippen LogP contribution in [0.4, 0.5) is 0 Å². The Morgan fingerprint density at radius 3 is 2.50 bits per heavy atom. The summed E-state index contributed by atoms with van der Waals surface area (Å²) in [6, 6.07) is 1.94. The maximum Gasteiger partial charge on any atom is 0.0249 e. The van der Waals surface area contributed by atoms with Gasteiger partial charge in [0.1, 0.15) is 0 Å². The van der Waals surface area contributed by atoms with E-state index in [1.54, 1.807) is 0 Å². The molecule has 2 saturated carbocycles. The molecule has 0 amide bonds. The second kappa shape index (κ2) is 5.50. The van der Waals surface area contributed by atoms with Crippen molar-refractivity contribution in [2.45, 2.75) is 76.4 Å². The van der Waals surface area contributed by atoms with Crippen molar-refractivity contribution in [1.29, 1.82) is 0 Å². The Morgan fingerprint density at radius 2 is 1.94 bits per heavy atom. The van der Waals surface area contributed by atoms with Gasteiger partial charge in [-0.1, -0.05) is 26.2 Å². The summed E-state index contributed by atoms with van der Waals surface area (Å²) in [5.41, 5.74) is 6.31. The summed E-state index contributed by atoms with van der Waals surface area (Å²) < 4.78 is 0. The van der Waals surface area contributed by atoms with Gasteiger partial charge in [-0.15, -0.1) is 0 Å². The van der Waals surface area contributed by atoms with E-state index in [1.165, 1.54) is 51.4 Å². The molecule has 0 aliphatic heterocycles. The van der Waals surface area contributed by atoms with Crippen LogP contribution in [0.2, 0.25) is 0 Å². The Morgan fingerprint density at radius 1 is 1.19 bits per heavy atom. The van der Waals surface area contributed by atoms with Crippen LogP contribution in [0.3, 0.4) is 0 Å². The van der Waals surface area contributed by atoms with Crippen LogP contribution in [0, 0.1) is 5.92 Å². The highest BCUT2D eigenvalue weighted by molar-refractivity contribution is 4.92. The molecule has 2 aliphatic rings. The molecule has 2 nitrogen and oxygen atoms in total. The van der Waals surface area contributed by atoms with Crippen LogP contribution in [-0.4, -0.2) is 30.1 Å². The molecule has 0 heterocycles. The van der Waals surface area contributed by atoms with E-state index in [0.29, 0.717) is 12.1 Å².